The number of fused-ring (bicyclic) bond motifs is 1. The molecule has 31 heavy (non-hydrogen) atoms. The molecule has 0 saturated heterocycles. The zero-order valence-electron chi connectivity index (χ0n) is 16.7. The summed E-state index contributed by atoms with van der Waals surface area (Å²) in [7, 11) is 0. The van der Waals surface area contributed by atoms with Gasteiger partial charge in [-0.15, -0.1) is 11.3 Å². The largest absolute Gasteiger partial charge is 0.486 e. The van der Waals surface area contributed by atoms with E-state index in [1.165, 1.54) is 6.33 Å². The van der Waals surface area contributed by atoms with Gasteiger partial charge in [-0.25, -0.2) is 9.67 Å². The minimum absolute atomic E-state index is 0.0719. The topological polar surface area (TPSA) is 69.5 Å². The van der Waals surface area contributed by atoms with Crippen LogP contribution >= 0.6 is 11.3 Å². The summed E-state index contributed by atoms with van der Waals surface area (Å²) in [6, 6.07) is 17.3. The Hall–Kier alpha value is -3.65. The van der Waals surface area contributed by atoms with Crippen LogP contribution in [0.25, 0.3) is 0 Å². The summed E-state index contributed by atoms with van der Waals surface area (Å²) in [5, 5.41) is 6.14. The SMILES string of the molecule is O=C(c1ccc(Cn2cncn2)cc1)N(Cc1cccs1)c1ccc2c(c1)OCCO2. The van der Waals surface area contributed by atoms with Crippen molar-refractivity contribution in [1.82, 2.24) is 14.8 Å². The second-order valence-corrected chi connectivity index (χ2v) is 8.12. The molecule has 2 aromatic heterocycles. The highest BCUT2D eigenvalue weighted by Crippen LogP contribution is 2.35. The van der Waals surface area contributed by atoms with Crippen LogP contribution in [-0.4, -0.2) is 33.9 Å². The van der Waals surface area contributed by atoms with Gasteiger partial charge in [0.1, 0.15) is 25.9 Å². The summed E-state index contributed by atoms with van der Waals surface area (Å²) < 4.78 is 13.1. The molecule has 1 aliphatic rings. The van der Waals surface area contributed by atoms with Gasteiger partial charge in [0, 0.05) is 22.2 Å². The Balaban J connectivity index is 1.42. The summed E-state index contributed by atoms with van der Waals surface area (Å²) in [5.74, 6) is 1.30. The number of ether oxygens (including phenoxy) is 2. The molecule has 7 nitrogen and oxygen atoms in total. The number of aromatic nitrogens is 3. The number of nitrogens with zero attached hydrogens (tertiary/aromatic N) is 4. The Labute approximate surface area is 183 Å². The van der Waals surface area contributed by atoms with E-state index in [1.54, 1.807) is 27.2 Å². The van der Waals surface area contributed by atoms with E-state index in [4.69, 9.17) is 9.47 Å². The predicted octanol–water partition coefficient (Wildman–Crippen LogP) is 4.01. The zero-order chi connectivity index (χ0) is 21.0. The number of hydrogen-bond donors (Lipinski definition) is 0. The standard InChI is InChI=1S/C23H20N4O3S/c28-23(18-5-3-17(4-6-18)13-26-16-24-15-25-26)27(14-20-2-1-11-31-20)19-7-8-21-22(12-19)30-10-9-29-21/h1-8,11-12,15-16H,9-10,13-14H2. The van der Waals surface area contributed by atoms with Crippen LogP contribution in [0, 0.1) is 0 Å². The van der Waals surface area contributed by atoms with Crippen molar-refractivity contribution in [3.63, 3.8) is 0 Å². The minimum atomic E-state index is -0.0719. The summed E-state index contributed by atoms with van der Waals surface area (Å²) in [5.41, 5.74) is 2.44. The maximum Gasteiger partial charge on any atom is 0.258 e. The first-order valence-electron chi connectivity index (χ1n) is 9.91. The summed E-state index contributed by atoms with van der Waals surface area (Å²) in [4.78, 5) is 20.3. The van der Waals surface area contributed by atoms with E-state index >= 15 is 0 Å². The van der Waals surface area contributed by atoms with Crippen LogP contribution in [0.15, 0.2) is 72.6 Å². The van der Waals surface area contributed by atoms with Crippen molar-refractivity contribution >= 4 is 22.9 Å². The molecule has 8 heteroatoms. The second-order valence-electron chi connectivity index (χ2n) is 7.09. The number of hydrogen-bond acceptors (Lipinski definition) is 6. The van der Waals surface area contributed by atoms with Crippen LogP contribution < -0.4 is 14.4 Å². The third-order valence-electron chi connectivity index (χ3n) is 4.99. The highest BCUT2D eigenvalue weighted by molar-refractivity contribution is 7.09. The lowest BCUT2D eigenvalue weighted by atomic mass is 10.1. The Morgan fingerprint density at radius 1 is 1.06 bits per heavy atom. The molecule has 0 bridgehead atoms. The van der Waals surface area contributed by atoms with Gasteiger partial charge in [0.15, 0.2) is 11.5 Å². The fraction of sp³-hybridized carbons (Fsp3) is 0.174. The van der Waals surface area contributed by atoms with Gasteiger partial charge in [-0.05, 0) is 41.3 Å². The average Bonchev–Trinajstić information content (AvgIpc) is 3.52. The fourth-order valence-corrected chi connectivity index (χ4v) is 4.14. The highest BCUT2D eigenvalue weighted by Gasteiger charge is 2.21. The van der Waals surface area contributed by atoms with Crippen LogP contribution in [0.3, 0.4) is 0 Å². The third-order valence-corrected chi connectivity index (χ3v) is 5.85. The van der Waals surface area contributed by atoms with E-state index in [1.807, 2.05) is 60.0 Å². The average molecular weight is 433 g/mol. The summed E-state index contributed by atoms with van der Waals surface area (Å²) in [6.45, 7) is 2.13. The summed E-state index contributed by atoms with van der Waals surface area (Å²) >= 11 is 1.63. The Morgan fingerprint density at radius 3 is 2.65 bits per heavy atom. The van der Waals surface area contributed by atoms with Crippen molar-refractivity contribution in [3.8, 4) is 11.5 Å². The zero-order valence-corrected chi connectivity index (χ0v) is 17.5. The first kappa shape index (κ1) is 19.3. The van der Waals surface area contributed by atoms with Crippen LogP contribution in [0.5, 0.6) is 11.5 Å². The highest BCUT2D eigenvalue weighted by atomic mass is 32.1. The number of carbonyl (C=O) groups excluding carboxylic acids is 1. The molecule has 0 fully saturated rings. The van der Waals surface area contributed by atoms with E-state index in [0.29, 0.717) is 43.4 Å². The molecular formula is C23H20N4O3S. The minimum Gasteiger partial charge on any atom is -0.486 e. The van der Waals surface area contributed by atoms with E-state index in [-0.39, 0.29) is 5.91 Å². The molecule has 0 atom stereocenters. The first-order valence-corrected chi connectivity index (χ1v) is 10.8. The van der Waals surface area contributed by atoms with Crippen molar-refractivity contribution in [2.45, 2.75) is 13.1 Å². The molecule has 1 amide bonds. The molecule has 156 valence electrons. The van der Waals surface area contributed by atoms with Crippen molar-refractivity contribution in [2.24, 2.45) is 0 Å². The van der Waals surface area contributed by atoms with Gasteiger partial charge in [-0.3, -0.25) is 4.79 Å². The second kappa shape index (κ2) is 8.61. The lowest BCUT2D eigenvalue weighted by Crippen LogP contribution is -2.30. The number of rotatable bonds is 6. The van der Waals surface area contributed by atoms with Gasteiger partial charge in [-0.2, -0.15) is 5.10 Å². The van der Waals surface area contributed by atoms with Crippen molar-refractivity contribution in [2.75, 3.05) is 18.1 Å². The Bertz CT molecular complexity index is 1160. The molecule has 5 rings (SSSR count). The van der Waals surface area contributed by atoms with Gasteiger partial charge in [0.25, 0.3) is 5.91 Å². The molecule has 1 aliphatic heterocycles. The molecule has 0 N–H and O–H groups in total. The van der Waals surface area contributed by atoms with E-state index < -0.39 is 0 Å². The van der Waals surface area contributed by atoms with Gasteiger partial charge < -0.3 is 14.4 Å². The predicted molar refractivity (Wildman–Crippen MR) is 118 cm³/mol. The lowest BCUT2D eigenvalue weighted by molar-refractivity contribution is 0.0985. The van der Waals surface area contributed by atoms with Gasteiger partial charge in [0.05, 0.1) is 13.1 Å². The number of anilines is 1. The Kier molecular flexibility index (Phi) is 5.37. The van der Waals surface area contributed by atoms with Gasteiger partial charge in [-0.1, -0.05) is 18.2 Å². The summed E-state index contributed by atoms with van der Waals surface area (Å²) in [6.07, 6.45) is 3.18. The van der Waals surface area contributed by atoms with Crippen LogP contribution in [-0.2, 0) is 13.1 Å². The quantitative estimate of drug-likeness (QED) is 0.461. The van der Waals surface area contributed by atoms with Crippen molar-refractivity contribution < 1.29 is 14.3 Å². The molecular weight excluding hydrogens is 412 g/mol. The molecule has 0 spiro atoms. The number of amides is 1. The van der Waals surface area contributed by atoms with Crippen LogP contribution in [0.4, 0.5) is 5.69 Å². The number of thiophene rings is 1. The van der Waals surface area contributed by atoms with Gasteiger partial charge in [0.2, 0.25) is 0 Å². The molecule has 0 aliphatic carbocycles. The molecule has 0 saturated carbocycles. The van der Waals surface area contributed by atoms with E-state index in [9.17, 15) is 4.79 Å². The number of benzene rings is 2. The van der Waals surface area contributed by atoms with E-state index in [0.717, 1.165) is 16.1 Å². The van der Waals surface area contributed by atoms with E-state index in [2.05, 4.69) is 10.1 Å². The number of carbonyl (C=O) groups is 1. The smallest absolute Gasteiger partial charge is 0.258 e. The molecule has 3 heterocycles. The molecule has 0 radical (unpaired) electrons. The maximum atomic E-state index is 13.5. The molecule has 2 aromatic carbocycles. The maximum absolute atomic E-state index is 13.5. The van der Waals surface area contributed by atoms with Crippen molar-refractivity contribution in [3.05, 3.63) is 88.6 Å². The lowest BCUT2D eigenvalue weighted by Gasteiger charge is -2.25. The monoisotopic (exact) mass is 432 g/mol. The third kappa shape index (κ3) is 4.29. The Morgan fingerprint density at radius 2 is 1.90 bits per heavy atom. The van der Waals surface area contributed by atoms with Crippen LogP contribution in [0.2, 0.25) is 0 Å². The van der Waals surface area contributed by atoms with Crippen molar-refractivity contribution in [1.29, 1.82) is 0 Å². The molecule has 0 unspecified atom stereocenters. The first-order chi connectivity index (χ1) is 15.3. The fourth-order valence-electron chi connectivity index (χ4n) is 3.45. The molecule has 4 aromatic rings. The van der Waals surface area contributed by atoms with Crippen LogP contribution in [0.1, 0.15) is 20.8 Å². The van der Waals surface area contributed by atoms with Gasteiger partial charge >= 0.3 is 0 Å². The normalized spacial score (nSPS) is 12.5.